The zero-order valence-electron chi connectivity index (χ0n) is 11.7. The van der Waals surface area contributed by atoms with Gasteiger partial charge >= 0.3 is 0 Å². The van der Waals surface area contributed by atoms with Crippen LogP contribution in [0.15, 0.2) is 18.2 Å². The lowest BCUT2D eigenvalue weighted by Gasteiger charge is -2.22. The second-order valence-corrected chi connectivity index (χ2v) is 4.96. The topological polar surface area (TPSA) is 58.4 Å². The summed E-state index contributed by atoms with van der Waals surface area (Å²) in [5.74, 6) is 0.553. The lowest BCUT2D eigenvalue weighted by atomic mass is 10.1. The molecular weight excluding hydrogens is 226 g/mol. The minimum Gasteiger partial charge on any atom is -0.397 e. The molecule has 0 aliphatic rings. The summed E-state index contributed by atoms with van der Waals surface area (Å²) in [6.07, 6.45) is 1.12. The molecule has 0 saturated heterocycles. The quantitative estimate of drug-likeness (QED) is 0.786. The molecule has 0 saturated carbocycles. The number of carbonyl (C=O) groups is 1. The van der Waals surface area contributed by atoms with Crippen molar-refractivity contribution in [3.63, 3.8) is 0 Å². The summed E-state index contributed by atoms with van der Waals surface area (Å²) in [7, 11) is 3.63. The van der Waals surface area contributed by atoms with Crippen LogP contribution in [0.4, 0.5) is 11.4 Å². The van der Waals surface area contributed by atoms with E-state index in [1.54, 1.807) is 19.2 Å². The minimum atomic E-state index is -0.113. The largest absolute Gasteiger partial charge is 0.397 e. The van der Waals surface area contributed by atoms with E-state index >= 15 is 0 Å². The Hall–Kier alpha value is -1.71. The average Bonchev–Trinajstić information content (AvgIpc) is 2.34. The van der Waals surface area contributed by atoms with E-state index in [4.69, 9.17) is 5.73 Å². The number of anilines is 2. The van der Waals surface area contributed by atoms with Gasteiger partial charge in [-0.05, 0) is 30.5 Å². The second-order valence-electron chi connectivity index (χ2n) is 4.96. The van der Waals surface area contributed by atoms with Gasteiger partial charge in [-0.25, -0.2) is 0 Å². The number of nitrogens with zero attached hydrogens (tertiary/aromatic N) is 1. The lowest BCUT2D eigenvalue weighted by molar-refractivity contribution is 0.0963. The molecule has 0 aliphatic heterocycles. The van der Waals surface area contributed by atoms with Crippen molar-refractivity contribution in [1.29, 1.82) is 0 Å². The first-order chi connectivity index (χ1) is 8.45. The number of hydrogen-bond acceptors (Lipinski definition) is 3. The van der Waals surface area contributed by atoms with Crippen LogP contribution >= 0.6 is 0 Å². The third-order valence-corrected chi connectivity index (χ3v) is 2.97. The first-order valence-electron chi connectivity index (χ1n) is 6.28. The maximum atomic E-state index is 11.5. The number of hydrogen-bond donors (Lipinski definition) is 2. The van der Waals surface area contributed by atoms with Crippen LogP contribution < -0.4 is 16.0 Å². The molecule has 1 aromatic carbocycles. The number of nitrogens with one attached hydrogen (secondary N) is 1. The van der Waals surface area contributed by atoms with Crippen molar-refractivity contribution in [2.24, 2.45) is 5.92 Å². The van der Waals surface area contributed by atoms with E-state index < -0.39 is 0 Å². The summed E-state index contributed by atoms with van der Waals surface area (Å²) in [5.41, 5.74) is 8.21. The molecule has 0 fully saturated rings. The maximum absolute atomic E-state index is 11.5. The standard InChI is InChI=1S/C14H23N3O/c1-10(2)7-8-17(4)13-6-5-11(9-12(13)15)14(18)16-3/h5-6,9-10H,7-8,15H2,1-4H3,(H,16,18). The van der Waals surface area contributed by atoms with Crippen molar-refractivity contribution < 1.29 is 4.79 Å². The monoisotopic (exact) mass is 249 g/mol. The molecule has 0 aromatic heterocycles. The summed E-state index contributed by atoms with van der Waals surface area (Å²) < 4.78 is 0. The van der Waals surface area contributed by atoms with Gasteiger partial charge in [-0.3, -0.25) is 4.79 Å². The van der Waals surface area contributed by atoms with Gasteiger partial charge in [0, 0.05) is 26.2 Å². The summed E-state index contributed by atoms with van der Waals surface area (Å²) in [4.78, 5) is 13.6. The van der Waals surface area contributed by atoms with Crippen LogP contribution in [0.5, 0.6) is 0 Å². The highest BCUT2D eigenvalue weighted by molar-refractivity contribution is 5.95. The summed E-state index contributed by atoms with van der Waals surface area (Å²) in [5, 5.41) is 2.59. The summed E-state index contributed by atoms with van der Waals surface area (Å²) >= 11 is 0. The Balaban J connectivity index is 2.81. The normalized spacial score (nSPS) is 10.5. The number of carbonyl (C=O) groups excluding carboxylic acids is 1. The third-order valence-electron chi connectivity index (χ3n) is 2.97. The van der Waals surface area contributed by atoms with Gasteiger partial charge < -0.3 is 16.0 Å². The van der Waals surface area contributed by atoms with Crippen molar-refractivity contribution in [3.8, 4) is 0 Å². The highest BCUT2D eigenvalue weighted by atomic mass is 16.1. The van der Waals surface area contributed by atoms with Crippen molar-refractivity contribution in [3.05, 3.63) is 23.8 Å². The van der Waals surface area contributed by atoms with Crippen LogP contribution in [0.2, 0.25) is 0 Å². The van der Waals surface area contributed by atoms with Gasteiger partial charge in [-0.1, -0.05) is 13.8 Å². The Labute approximate surface area is 109 Å². The highest BCUT2D eigenvalue weighted by Gasteiger charge is 2.09. The molecule has 1 aromatic rings. The zero-order valence-corrected chi connectivity index (χ0v) is 11.7. The van der Waals surface area contributed by atoms with E-state index in [2.05, 4.69) is 24.1 Å². The molecular formula is C14H23N3O. The molecule has 3 N–H and O–H groups in total. The molecule has 0 aliphatic carbocycles. The molecule has 18 heavy (non-hydrogen) atoms. The van der Waals surface area contributed by atoms with Gasteiger partial charge in [0.15, 0.2) is 0 Å². The maximum Gasteiger partial charge on any atom is 0.251 e. The van der Waals surface area contributed by atoms with Crippen LogP contribution in [-0.4, -0.2) is 26.5 Å². The Kier molecular flexibility index (Phi) is 5.01. The van der Waals surface area contributed by atoms with Gasteiger partial charge in [-0.2, -0.15) is 0 Å². The molecule has 0 heterocycles. The molecule has 0 spiro atoms. The van der Waals surface area contributed by atoms with Crippen LogP contribution in [0.25, 0.3) is 0 Å². The summed E-state index contributed by atoms with van der Waals surface area (Å²) in [6, 6.07) is 5.43. The van der Waals surface area contributed by atoms with Crippen LogP contribution in [0, 0.1) is 5.92 Å². The van der Waals surface area contributed by atoms with Gasteiger partial charge in [-0.15, -0.1) is 0 Å². The van der Waals surface area contributed by atoms with Gasteiger partial charge in [0.25, 0.3) is 5.91 Å². The predicted octanol–water partition coefficient (Wildman–Crippen LogP) is 2.11. The fourth-order valence-corrected chi connectivity index (χ4v) is 1.76. The van der Waals surface area contributed by atoms with Crippen molar-refractivity contribution in [2.75, 3.05) is 31.3 Å². The first kappa shape index (κ1) is 14.4. The fourth-order valence-electron chi connectivity index (χ4n) is 1.76. The van der Waals surface area contributed by atoms with E-state index in [0.717, 1.165) is 18.7 Å². The van der Waals surface area contributed by atoms with Crippen molar-refractivity contribution in [1.82, 2.24) is 5.32 Å². The van der Waals surface area contributed by atoms with E-state index in [9.17, 15) is 4.79 Å². The molecule has 4 nitrogen and oxygen atoms in total. The molecule has 0 unspecified atom stereocenters. The number of rotatable bonds is 5. The average molecular weight is 249 g/mol. The number of nitrogens with two attached hydrogens (primary N) is 1. The summed E-state index contributed by atoms with van der Waals surface area (Å²) in [6.45, 7) is 5.36. The molecule has 0 radical (unpaired) electrons. The Morgan fingerprint density at radius 2 is 2.11 bits per heavy atom. The fraction of sp³-hybridized carbons (Fsp3) is 0.500. The number of amides is 1. The Morgan fingerprint density at radius 1 is 1.44 bits per heavy atom. The van der Waals surface area contributed by atoms with Crippen LogP contribution in [0.1, 0.15) is 30.6 Å². The third kappa shape index (κ3) is 3.65. The van der Waals surface area contributed by atoms with Crippen molar-refractivity contribution >= 4 is 17.3 Å². The number of benzene rings is 1. The molecule has 100 valence electrons. The van der Waals surface area contributed by atoms with E-state index in [-0.39, 0.29) is 5.91 Å². The lowest BCUT2D eigenvalue weighted by Crippen LogP contribution is -2.22. The number of nitrogen functional groups attached to an aromatic ring is 1. The van der Waals surface area contributed by atoms with Gasteiger partial charge in [0.05, 0.1) is 11.4 Å². The SMILES string of the molecule is CNC(=O)c1ccc(N(C)CCC(C)C)c(N)c1. The van der Waals surface area contributed by atoms with Gasteiger partial charge in [0.2, 0.25) is 0 Å². The van der Waals surface area contributed by atoms with E-state index in [1.165, 1.54) is 0 Å². The van der Waals surface area contributed by atoms with Crippen LogP contribution in [-0.2, 0) is 0 Å². The Morgan fingerprint density at radius 3 is 2.61 bits per heavy atom. The molecule has 1 rings (SSSR count). The first-order valence-corrected chi connectivity index (χ1v) is 6.28. The van der Waals surface area contributed by atoms with Crippen molar-refractivity contribution in [2.45, 2.75) is 20.3 Å². The van der Waals surface area contributed by atoms with E-state index in [1.807, 2.05) is 13.1 Å². The zero-order chi connectivity index (χ0) is 13.7. The van der Waals surface area contributed by atoms with Gasteiger partial charge in [0.1, 0.15) is 0 Å². The molecule has 4 heteroatoms. The highest BCUT2D eigenvalue weighted by Crippen LogP contribution is 2.24. The second kappa shape index (κ2) is 6.28. The predicted molar refractivity (Wildman–Crippen MR) is 77.0 cm³/mol. The Bertz CT molecular complexity index is 416. The van der Waals surface area contributed by atoms with Crippen LogP contribution in [0.3, 0.4) is 0 Å². The minimum absolute atomic E-state index is 0.113. The molecule has 0 atom stereocenters. The molecule has 1 amide bonds. The molecule has 0 bridgehead atoms. The smallest absolute Gasteiger partial charge is 0.251 e. The van der Waals surface area contributed by atoms with E-state index in [0.29, 0.717) is 17.2 Å².